The lowest BCUT2D eigenvalue weighted by molar-refractivity contribution is 0.382. The van der Waals surface area contributed by atoms with Gasteiger partial charge in [0.25, 0.3) is 0 Å². The van der Waals surface area contributed by atoms with E-state index in [1.54, 1.807) is 10.4 Å². The summed E-state index contributed by atoms with van der Waals surface area (Å²) >= 11 is 3.28. The summed E-state index contributed by atoms with van der Waals surface area (Å²) in [5, 5.41) is 0. The van der Waals surface area contributed by atoms with E-state index in [9.17, 15) is 8.42 Å². The smallest absolute Gasteiger partial charge is 0.246 e. The van der Waals surface area contributed by atoms with Crippen molar-refractivity contribution in [2.45, 2.75) is 30.6 Å². The molecule has 116 valence electrons. The van der Waals surface area contributed by atoms with Crippen molar-refractivity contribution in [3.05, 3.63) is 16.7 Å². The van der Waals surface area contributed by atoms with E-state index < -0.39 is 10.0 Å². The van der Waals surface area contributed by atoms with Gasteiger partial charge < -0.3 is 5.43 Å². The average molecular weight is 375 g/mol. The molecule has 0 amide bonds. The second-order valence-corrected chi connectivity index (χ2v) is 8.68. The number of anilines is 1. The van der Waals surface area contributed by atoms with Gasteiger partial charge in [0.15, 0.2) is 5.82 Å². The quantitative estimate of drug-likeness (QED) is 0.562. The lowest BCUT2D eigenvalue weighted by Gasteiger charge is -2.23. The zero-order valence-electron chi connectivity index (χ0n) is 11.6. The Morgan fingerprint density at radius 1 is 1.29 bits per heavy atom. The number of hydrazine groups is 1. The molecule has 0 spiro atoms. The zero-order valence-corrected chi connectivity index (χ0v) is 14.0. The first-order valence-electron chi connectivity index (χ1n) is 7.13. The van der Waals surface area contributed by atoms with Crippen LogP contribution in [0, 0.1) is 11.8 Å². The number of nitrogens with two attached hydrogens (primary N) is 1. The standard InChI is InChI=1S/C13H19BrN4O2S/c14-11-5-12(13(17-15)16-6-11)21(19,20)18(7-9-1-2-9)8-10-3-4-10/h5-6,9-10H,1-4,7-8,15H2,(H,16,17). The van der Waals surface area contributed by atoms with Gasteiger partial charge in [-0.05, 0) is 59.5 Å². The molecule has 1 aromatic heterocycles. The lowest BCUT2D eigenvalue weighted by atomic mass is 10.4. The molecule has 2 fully saturated rings. The van der Waals surface area contributed by atoms with Crippen LogP contribution < -0.4 is 11.3 Å². The van der Waals surface area contributed by atoms with Gasteiger partial charge in [-0.2, -0.15) is 4.31 Å². The first kappa shape index (κ1) is 15.2. The molecule has 2 aliphatic rings. The maximum atomic E-state index is 13.0. The van der Waals surface area contributed by atoms with E-state index in [4.69, 9.17) is 5.84 Å². The van der Waals surface area contributed by atoms with E-state index in [2.05, 4.69) is 26.3 Å². The highest BCUT2D eigenvalue weighted by molar-refractivity contribution is 9.10. The maximum Gasteiger partial charge on any atom is 0.246 e. The molecule has 1 aromatic rings. The zero-order chi connectivity index (χ0) is 15.0. The molecule has 2 saturated carbocycles. The number of aromatic nitrogens is 1. The van der Waals surface area contributed by atoms with Gasteiger partial charge in [0.2, 0.25) is 10.0 Å². The number of sulfonamides is 1. The van der Waals surface area contributed by atoms with Gasteiger partial charge >= 0.3 is 0 Å². The van der Waals surface area contributed by atoms with Gasteiger partial charge in [0, 0.05) is 23.8 Å². The number of hydrogen-bond donors (Lipinski definition) is 2. The number of nitrogens with zero attached hydrogens (tertiary/aromatic N) is 2. The fraction of sp³-hybridized carbons (Fsp3) is 0.615. The molecule has 0 unspecified atom stereocenters. The molecule has 0 bridgehead atoms. The van der Waals surface area contributed by atoms with Crippen molar-refractivity contribution in [3.63, 3.8) is 0 Å². The van der Waals surface area contributed by atoms with Crippen LogP contribution in [0.3, 0.4) is 0 Å². The molecule has 0 aromatic carbocycles. The SMILES string of the molecule is NNc1ncc(Br)cc1S(=O)(=O)N(CC1CC1)CC1CC1. The fourth-order valence-corrected chi connectivity index (χ4v) is 4.52. The highest BCUT2D eigenvalue weighted by Crippen LogP contribution is 2.37. The topological polar surface area (TPSA) is 88.3 Å². The third-order valence-electron chi connectivity index (χ3n) is 3.89. The first-order valence-corrected chi connectivity index (χ1v) is 9.36. The van der Waals surface area contributed by atoms with Crippen LogP contribution in [0.25, 0.3) is 0 Å². The van der Waals surface area contributed by atoms with E-state index in [0.717, 1.165) is 25.7 Å². The molecule has 0 saturated heterocycles. The Bertz CT molecular complexity index is 615. The number of nitrogens with one attached hydrogen (secondary N) is 1. The largest absolute Gasteiger partial charge is 0.307 e. The minimum atomic E-state index is -3.58. The van der Waals surface area contributed by atoms with Crippen molar-refractivity contribution in [3.8, 4) is 0 Å². The molecule has 21 heavy (non-hydrogen) atoms. The van der Waals surface area contributed by atoms with Gasteiger partial charge in [0.05, 0.1) is 0 Å². The average Bonchev–Trinajstić information content (AvgIpc) is 3.33. The van der Waals surface area contributed by atoms with Crippen LogP contribution in [0.4, 0.5) is 5.82 Å². The van der Waals surface area contributed by atoms with Gasteiger partial charge in [-0.25, -0.2) is 19.2 Å². The van der Waals surface area contributed by atoms with Crippen LogP contribution >= 0.6 is 15.9 Å². The highest BCUT2D eigenvalue weighted by atomic mass is 79.9. The summed E-state index contributed by atoms with van der Waals surface area (Å²) in [5.74, 6) is 6.62. The van der Waals surface area contributed by atoms with E-state index in [0.29, 0.717) is 29.4 Å². The van der Waals surface area contributed by atoms with E-state index in [1.165, 1.54) is 6.20 Å². The third-order valence-corrected chi connectivity index (χ3v) is 6.17. The predicted octanol–water partition coefficient (Wildman–Crippen LogP) is 1.94. The summed E-state index contributed by atoms with van der Waals surface area (Å²) in [5.41, 5.74) is 2.38. The fourth-order valence-electron chi connectivity index (χ4n) is 2.31. The van der Waals surface area contributed by atoms with E-state index in [-0.39, 0.29) is 10.7 Å². The molecule has 1 heterocycles. The summed E-state index contributed by atoms with van der Waals surface area (Å²) in [6, 6.07) is 1.56. The minimum absolute atomic E-state index is 0.140. The molecule has 0 aliphatic heterocycles. The Balaban J connectivity index is 1.93. The van der Waals surface area contributed by atoms with Gasteiger partial charge in [-0.15, -0.1) is 0 Å². The van der Waals surface area contributed by atoms with Crippen molar-refractivity contribution in [1.82, 2.24) is 9.29 Å². The van der Waals surface area contributed by atoms with Crippen LogP contribution in [0.2, 0.25) is 0 Å². The van der Waals surface area contributed by atoms with Gasteiger partial charge in [0.1, 0.15) is 4.90 Å². The number of rotatable bonds is 7. The lowest BCUT2D eigenvalue weighted by Crippen LogP contribution is -2.35. The molecule has 2 aliphatic carbocycles. The third kappa shape index (κ3) is 3.56. The normalized spacial score (nSPS) is 19.0. The van der Waals surface area contributed by atoms with E-state index >= 15 is 0 Å². The minimum Gasteiger partial charge on any atom is -0.307 e. The van der Waals surface area contributed by atoms with Crippen molar-refractivity contribution in [2.75, 3.05) is 18.5 Å². The number of pyridine rings is 1. The van der Waals surface area contributed by atoms with Crippen molar-refractivity contribution >= 4 is 31.8 Å². The van der Waals surface area contributed by atoms with Crippen LogP contribution in [-0.2, 0) is 10.0 Å². The summed E-state index contributed by atoms with van der Waals surface area (Å²) in [7, 11) is -3.58. The molecule has 8 heteroatoms. The summed E-state index contributed by atoms with van der Waals surface area (Å²) in [6.07, 6.45) is 6.01. The number of nitrogen functional groups attached to an aromatic ring is 1. The Hall–Kier alpha value is -0.700. The Morgan fingerprint density at radius 3 is 2.33 bits per heavy atom. The predicted molar refractivity (Wildman–Crippen MR) is 84.0 cm³/mol. The van der Waals surface area contributed by atoms with Crippen LogP contribution in [0.1, 0.15) is 25.7 Å². The Morgan fingerprint density at radius 2 is 1.86 bits per heavy atom. The maximum absolute atomic E-state index is 13.0. The van der Waals surface area contributed by atoms with Crippen molar-refractivity contribution in [2.24, 2.45) is 17.7 Å². The van der Waals surface area contributed by atoms with Crippen LogP contribution in [0.15, 0.2) is 21.6 Å². The summed E-state index contributed by atoms with van der Waals surface area (Å²) in [6.45, 7) is 1.21. The van der Waals surface area contributed by atoms with Crippen LogP contribution in [0.5, 0.6) is 0 Å². The molecule has 3 rings (SSSR count). The molecular formula is C13H19BrN4O2S. The molecule has 0 atom stereocenters. The van der Waals surface area contributed by atoms with Crippen molar-refractivity contribution < 1.29 is 8.42 Å². The van der Waals surface area contributed by atoms with Gasteiger partial charge in [-0.3, -0.25) is 0 Å². The Labute approximate surface area is 133 Å². The first-order chi connectivity index (χ1) is 10.0. The summed E-state index contributed by atoms with van der Waals surface area (Å²) in [4.78, 5) is 4.19. The monoisotopic (exact) mass is 374 g/mol. The Kier molecular flexibility index (Phi) is 4.22. The highest BCUT2D eigenvalue weighted by Gasteiger charge is 2.37. The second-order valence-electron chi connectivity index (χ2n) is 5.85. The summed E-state index contributed by atoms with van der Waals surface area (Å²) < 4.78 is 28.2. The number of halogens is 1. The molecule has 0 radical (unpaired) electrons. The van der Waals surface area contributed by atoms with E-state index in [1.807, 2.05) is 0 Å². The van der Waals surface area contributed by atoms with Gasteiger partial charge in [-0.1, -0.05) is 0 Å². The van der Waals surface area contributed by atoms with Crippen molar-refractivity contribution in [1.29, 1.82) is 0 Å². The van der Waals surface area contributed by atoms with Crippen LogP contribution in [-0.4, -0.2) is 30.8 Å². The molecule has 6 nitrogen and oxygen atoms in total. The second kappa shape index (κ2) is 5.83. The number of hydrogen-bond acceptors (Lipinski definition) is 5. The molecule has 3 N–H and O–H groups in total. The molecular weight excluding hydrogens is 356 g/mol.